The number of piperazine rings is 1. The third kappa shape index (κ3) is 3.61. The summed E-state index contributed by atoms with van der Waals surface area (Å²) in [4.78, 5) is 21.5. The van der Waals surface area contributed by atoms with Gasteiger partial charge in [0.25, 0.3) is 0 Å². The number of hydrogen-bond acceptors (Lipinski definition) is 3. The van der Waals surface area contributed by atoms with Gasteiger partial charge in [-0.2, -0.15) is 0 Å². The number of hydrogen-bond donors (Lipinski definition) is 1. The monoisotopic (exact) mass is 338 g/mol. The number of fused-ring (bicyclic) bond motifs is 1. The molecule has 1 N–H and O–H groups in total. The maximum absolute atomic E-state index is 12.7. The van der Waals surface area contributed by atoms with Crippen LogP contribution in [0.3, 0.4) is 0 Å². The van der Waals surface area contributed by atoms with Gasteiger partial charge in [0, 0.05) is 43.8 Å². The lowest BCUT2D eigenvalue weighted by atomic mass is 9.94. The molecule has 0 spiro atoms. The lowest BCUT2D eigenvalue weighted by Gasteiger charge is -2.40. The molecule has 2 aliphatic rings. The van der Waals surface area contributed by atoms with Gasteiger partial charge in [-0.05, 0) is 37.1 Å². The van der Waals surface area contributed by atoms with Crippen LogP contribution in [-0.2, 0) is 0 Å². The highest BCUT2D eigenvalue weighted by Crippen LogP contribution is 2.24. The van der Waals surface area contributed by atoms with Crippen molar-refractivity contribution in [3.05, 3.63) is 36.5 Å². The number of anilines is 1. The number of rotatable bonds is 2. The van der Waals surface area contributed by atoms with Crippen molar-refractivity contribution in [3.63, 3.8) is 0 Å². The number of pyridine rings is 1. The summed E-state index contributed by atoms with van der Waals surface area (Å²) in [7, 11) is 0. The summed E-state index contributed by atoms with van der Waals surface area (Å²) in [5, 5.41) is 4.06. The summed E-state index contributed by atoms with van der Waals surface area (Å²) in [5.41, 5.74) is 1.74. The molecule has 2 aromatic rings. The van der Waals surface area contributed by atoms with Gasteiger partial charge in [0.05, 0.1) is 11.2 Å². The number of nitrogens with zero attached hydrogens (tertiary/aromatic N) is 3. The molecule has 4 rings (SSSR count). The third-order valence-electron chi connectivity index (χ3n) is 5.58. The highest BCUT2D eigenvalue weighted by Gasteiger charge is 2.27. The first kappa shape index (κ1) is 16.3. The van der Waals surface area contributed by atoms with Crippen molar-refractivity contribution >= 4 is 22.6 Å². The number of aromatic nitrogens is 1. The second-order valence-corrected chi connectivity index (χ2v) is 7.12. The van der Waals surface area contributed by atoms with Gasteiger partial charge in [-0.3, -0.25) is 9.88 Å². The Morgan fingerprint density at radius 3 is 2.60 bits per heavy atom. The number of amides is 2. The molecule has 0 unspecified atom stereocenters. The van der Waals surface area contributed by atoms with Crippen LogP contribution in [0.5, 0.6) is 0 Å². The van der Waals surface area contributed by atoms with Crippen LogP contribution in [0.2, 0.25) is 0 Å². The molecule has 132 valence electrons. The van der Waals surface area contributed by atoms with Crippen molar-refractivity contribution in [3.8, 4) is 0 Å². The Morgan fingerprint density at radius 1 is 1.00 bits per heavy atom. The number of nitrogens with one attached hydrogen (secondary N) is 1. The van der Waals surface area contributed by atoms with Gasteiger partial charge in [0.1, 0.15) is 0 Å². The van der Waals surface area contributed by atoms with Crippen molar-refractivity contribution in [1.29, 1.82) is 0 Å². The zero-order valence-electron chi connectivity index (χ0n) is 14.7. The maximum Gasteiger partial charge on any atom is 0.321 e. The van der Waals surface area contributed by atoms with Gasteiger partial charge in [0.2, 0.25) is 0 Å². The van der Waals surface area contributed by atoms with Crippen molar-refractivity contribution in [2.45, 2.75) is 38.1 Å². The normalized spacial score (nSPS) is 19.9. The standard InChI is InChI=1S/C20H26N4O/c25-20(22-19-10-4-9-18-17(19)8-5-11-21-18)24-14-12-23(13-15-24)16-6-2-1-3-7-16/h4-5,8-11,16H,1-3,6-7,12-15H2,(H,22,25). The molecule has 1 aliphatic carbocycles. The summed E-state index contributed by atoms with van der Waals surface area (Å²) < 4.78 is 0. The molecule has 5 nitrogen and oxygen atoms in total. The first-order valence-corrected chi connectivity index (χ1v) is 9.45. The van der Waals surface area contributed by atoms with Gasteiger partial charge in [-0.25, -0.2) is 4.79 Å². The molecule has 1 saturated heterocycles. The Hall–Kier alpha value is -2.14. The molecular weight excluding hydrogens is 312 g/mol. The summed E-state index contributed by atoms with van der Waals surface area (Å²) in [6.07, 6.45) is 8.54. The molecule has 1 aliphatic heterocycles. The smallest absolute Gasteiger partial charge is 0.321 e. The van der Waals surface area contributed by atoms with Gasteiger partial charge in [0.15, 0.2) is 0 Å². The fourth-order valence-corrected chi connectivity index (χ4v) is 4.14. The van der Waals surface area contributed by atoms with E-state index in [0.29, 0.717) is 0 Å². The van der Waals surface area contributed by atoms with Gasteiger partial charge >= 0.3 is 6.03 Å². The van der Waals surface area contributed by atoms with E-state index >= 15 is 0 Å². The quantitative estimate of drug-likeness (QED) is 0.908. The van der Waals surface area contributed by atoms with Crippen LogP contribution >= 0.6 is 0 Å². The predicted octanol–water partition coefficient (Wildman–Crippen LogP) is 3.72. The average molecular weight is 338 g/mol. The lowest BCUT2D eigenvalue weighted by molar-refractivity contribution is 0.0943. The van der Waals surface area contributed by atoms with Gasteiger partial charge in [-0.1, -0.05) is 25.3 Å². The van der Waals surface area contributed by atoms with Crippen molar-refractivity contribution in [2.24, 2.45) is 0 Å². The SMILES string of the molecule is O=C(Nc1cccc2ncccc12)N1CCN(C2CCCCC2)CC1. The van der Waals surface area contributed by atoms with Crippen LogP contribution in [0, 0.1) is 0 Å². The van der Waals surface area contributed by atoms with E-state index in [4.69, 9.17) is 0 Å². The second-order valence-electron chi connectivity index (χ2n) is 7.12. The molecular formula is C20H26N4O. The van der Waals surface area contributed by atoms with Crippen molar-refractivity contribution in [2.75, 3.05) is 31.5 Å². The molecule has 1 aromatic carbocycles. The molecule has 0 atom stereocenters. The summed E-state index contributed by atoms with van der Waals surface area (Å²) in [6, 6.07) is 10.5. The first-order chi connectivity index (χ1) is 12.3. The molecule has 25 heavy (non-hydrogen) atoms. The molecule has 5 heteroatoms. The van der Waals surface area contributed by atoms with E-state index in [9.17, 15) is 4.79 Å². The minimum atomic E-state index is -0.000327. The first-order valence-electron chi connectivity index (χ1n) is 9.45. The largest absolute Gasteiger partial charge is 0.322 e. The molecule has 2 heterocycles. The minimum absolute atomic E-state index is 0.000327. The van der Waals surface area contributed by atoms with Crippen LogP contribution in [0.1, 0.15) is 32.1 Å². The van der Waals surface area contributed by atoms with E-state index in [1.807, 2.05) is 35.2 Å². The Kier molecular flexibility index (Phi) is 4.83. The van der Waals surface area contributed by atoms with Crippen molar-refractivity contribution in [1.82, 2.24) is 14.8 Å². The molecule has 0 radical (unpaired) electrons. The number of benzene rings is 1. The molecule has 0 bridgehead atoms. The van der Waals surface area contributed by atoms with Crippen LogP contribution in [0.15, 0.2) is 36.5 Å². The van der Waals surface area contributed by atoms with E-state index in [1.165, 1.54) is 32.1 Å². The van der Waals surface area contributed by atoms with Crippen LogP contribution in [0.25, 0.3) is 10.9 Å². The zero-order chi connectivity index (χ0) is 17.1. The van der Waals surface area contributed by atoms with Gasteiger partial charge in [-0.15, -0.1) is 0 Å². The van der Waals surface area contributed by atoms with Gasteiger partial charge < -0.3 is 10.2 Å². The predicted molar refractivity (Wildman–Crippen MR) is 101 cm³/mol. The molecule has 1 aromatic heterocycles. The fourth-order valence-electron chi connectivity index (χ4n) is 4.14. The topological polar surface area (TPSA) is 48.5 Å². The van der Waals surface area contributed by atoms with Crippen LogP contribution < -0.4 is 5.32 Å². The Bertz CT molecular complexity index is 728. The highest BCUT2D eigenvalue weighted by molar-refractivity contribution is 6.00. The number of carbonyl (C=O) groups excluding carboxylic acids is 1. The van der Waals surface area contributed by atoms with E-state index in [0.717, 1.165) is 48.8 Å². The average Bonchev–Trinajstić information content (AvgIpc) is 2.69. The highest BCUT2D eigenvalue weighted by atomic mass is 16.2. The van der Waals surface area contributed by atoms with Crippen LogP contribution in [0.4, 0.5) is 10.5 Å². The second kappa shape index (κ2) is 7.40. The zero-order valence-corrected chi connectivity index (χ0v) is 14.7. The van der Waals surface area contributed by atoms with E-state index < -0.39 is 0 Å². The van der Waals surface area contributed by atoms with E-state index in [2.05, 4.69) is 15.2 Å². The van der Waals surface area contributed by atoms with Crippen molar-refractivity contribution < 1.29 is 4.79 Å². The lowest BCUT2D eigenvalue weighted by Crippen LogP contribution is -2.53. The fraction of sp³-hybridized carbons (Fsp3) is 0.500. The number of carbonyl (C=O) groups is 1. The Balaban J connectivity index is 1.37. The summed E-state index contributed by atoms with van der Waals surface area (Å²) >= 11 is 0. The summed E-state index contributed by atoms with van der Waals surface area (Å²) in [5.74, 6) is 0. The molecule has 2 fully saturated rings. The third-order valence-corrected chi connectivity index (χ3v) is 5.58. The maximum atomic E-state index is 12.7. The molecule has 2 amide bonds. The molecule has 1 saturated carbocycles. The van der Waals surface area contributed by atoms with E-state index in [-0.39, 0.29) is 6.03 Å². The number of urea groups is 1. The summed E-state index contributed by atoms with van der Waals surface area (Å²) in [6.45, 7) is 3.61. The van der Waals surface area contributed by atoms with E-state index in [1.54, 1.807) is 6.20 Å². The Labute approximate surface area is 149 Å². The van der Waals surface area contributed by atoms with Crippen LogP contribution in [-0.4, -0.2) is 53.0 Å². The minimum Gasteiger partial charge on any atom is -0.322 e. The Morgan fingerprint density at radius 2 is 1.80 bits per heavy atom.